The van der Waals surface area contributed by atoms with E-state index in [4.69, 9.17) is 5.73 Å². The van der Waals surface area contributed by atoms with E-state index in [9.17, 15) is 0 Å². The Hall–Kier alpha value is -1.68. The molecule has 0 bridgehead atoms. The molecule has 2 N–H and O–H groups in total. The number of hydrogen-bond acceptors (Lipinski definition) is 3. The van der Waals surface area contributed by atoms with Gasteiger partial charge in [-0.25, -0.2) is 4.98 Å². The minimum absolute atomic E-state index is 0.148. The molecule has 2 aromatic heterocycles. The Bertz CT molecular complexity index is 447. The predicted octanol–water partition coefficient (Wildman–Crippen LogP) is 1.41. The molecule has 0 saturated carbocycles. The summed E-state index contributed by atoms with van der Waals surface area (Å²) in [5.74, 6) is 1.06. The van der Waals surface area contributed by atoms with E-state index in [0.29, 0.717) is 0 Å². The lowest BCUT2D eigenvalue weighted by atomic mass is 10.2. The third-order valence-corrected chi connectivity index (χ3v) is 2.67. The first-order valence-electron chi connectivity index (χ1n) is 5.90. The molecule has 17 heavy (non-hydrogen) atoms. The number of nitrogens with zero attached hydrogens (tertiary/aromatic N) is 3. The Labute approximate surface area is 102 Å². The molecule has 4 heteroatoms. The molecule has 1 unspecified atom stereocenters. The van der Waals surface area contributed by atoms with Gasteiger partial charge in [0.1, 0.15) is 5.82 Å². The highest BCUT2D eigenvalue weighted by Gasteiger charge is 2.05. The van der Waals surface area contributed by atoms with Crippen LogP contribution < -0.4 is 5.73 Å². The molecule has 90 valence electrons. The van der Waals surface area contributed by atoms with E-state index >= 15 is 0 Å². The van der Waals surface area contributed by atoms with Crippen molar-refractivity contribution in [3.8, 4) is 0 Å². The Kier molecular flexibility index (Phi) is 3.88. The van der Waals surface area contributed by atoms with Crippen molar-refractivity contribution in [3.63, 3.8) is 0 Å². The summed E-state index contributed by atoms with van der Waals surface area (Å²) < 4.78 is 2.16. The lowest BCUT2D eigenvalue weighted by Crippen LogP contribution is -2.20. The van der Waals surface area contributed by atoms with Gasteiger partial charge < -0.3 is 10.3 Å². The SMILES string of the molecule is CC(N)Cc1nccn1CCc1cccnc1. The summed E-state index contributed by atoms with van der Waals surface area (Å²) >= 11 is 0. The van der Waals surface area contributed by atoms with Gasteiger partial charge in [-0.3, -0.25) is 4.98 Å². The fraction of sp³-hybridized carbons (Fsp3) is 0.385. The van der Waals surface area contributed by atoms with Crippen molar-refractivity contribution in [1.82, 2.24) is 14.5 Å². The Morgan fingerprint density at radius 1 is 1.41 bits per heavy atom. The second-order valence-electron chi connectivity index (χ2n) is 4.33. The average Bonchev–Trinajstić information content (AvgIpc) is 2.74. The molecule has 0 aromatic carbocycles. The number of aryl methyl sites for hydroxylation is 2. The maximum absolute atomic E-state index is 5.80. The molecule has 0 fully saturated rings. The predicted molar refractivity (Wildman–Crippen MR) is 67.5 cm³/mol. The first-order valence-corrected chi connectivity index (χ1v) is 5.90. The van der Waals surface area contributed by atoms with E-state index in [1.54, 1.807) is 6.20 Å². The molecule has 0 saturated heterocycles. The number of pyridine rings is 1. The molecule has 2 rings (SSSR count). The zero-order valence-electron chi connectivity index (χ0n) is 10.1. The van der Waals surface area contributed by atoms with E-state index in [1.165, 1.54) is 5.56 Å². The van der Waals surface area contributed by atoms with Gasteiger partial charge in [-0.05, 0) is 25.0 Å². The number of aromatic nitrogens is 3. The Morgan fingerprint density at radius 3 is 3.00 bits per heavy atom. The molecular weight excluding hydrogens is 212 g/mol. The summed E-state index contributed by atoms with van der Waals surface area (Å²) in [6.07, 6.45) is 9.33. The van der Waals surface area contributed by atoms with Crippen LogP contribution in [0, 0.1) is 0 Å². The number of rotatable bonds is 5. The zero-order valence-corrected chi connectivity index (χ0v) is 10.1. The molecular formula is C13H18N4. The van der Waals surface area contributed by atoms with Gasteiger partial charge in [-0.1, -0.05) is 6.07 Å². The molecule has 2 heterocycles. The fourth-order valence-corrected chi connectivity index (χ4v) is 1.82. The quantitative estimate of drug-likeness (QED) is 0.845. The second-order valence-corrected chi connectivity index (χ2v) is 4.33. The van der Waals surface area contributed by atoms with E-state index in [1.807, 2.05) is 31.6 Å². The van der Waals surface area contributed by atoms with E-state index < -0.39 is 0 Å². The van der Waals surface area contributed by atoms with Gasteiger partial charge in [0, 0.05) is 43.8 Å². The van der Waals surface area contributed by atoms with Crippen LogP contribution in [0.15, 0.2) is 36.9 Å². The fourth-order valence-electron chi connectivity index (χ4n) is 1.82. The summed E-state index contributed by atoms with van der Waals surface area (Å²) in [5, 5.41) is 0. The van der Waals surface area contributed by atoms with Crippen molar-refractivity contribution < 1.29 is 0 Å². The van der Waals surface area contributed by atoms with Crippen molar-refractivity contribution in [2.75, 3.05) is 0 Å². The largest absolute Gasteiger partial charge is 0.335 e. The maximum Gasteiger partial charge on any atom is 0.110 e. The van der Waals surface area contributed by atoms with Crippen LogP contribution in [0.4, 0.5) is 0 Å². The molecule has 4 nitrogen and oxygen atoms in total. The smallest absolute Gasteiger partial charge is 0.110 e. The van der Waals surface area contributed by atoms with Crippen LogP contribution in [-0.4, -0.2) is 20.6 Å². The highest BCUT2D eigenvalue weighted by molar-refractivity contribution is 5.08. The topological polar surface area (TPSA) is 56.7 Å². The standard InChI is InChI=1S/C13H18N4/c1-11(14)9-13-16-6-8-17(13)7-4-12-3-2-5-15-10-12/h2-3,5-6,8,10-11H,4,7,9,14H2,1H3. The van der Waals surface area contributed by atoms with E-state index in [0.717, 1.165) is 25.2 Å². The first-order chi connectivity index (χ1) is 8.25. The van der Waals surface area contributed by atoms with Crippen molar-refractivity contribution >= 4 is 0 Å². The highest BCUT2D eigenvalue weighted by Crippen LogP contribution is 2.04. The van der Waals surface area contributed by atoms with Crippen LogP contribution in [0.2, 0.25) is 0 Å². The van der Waals surface area contributed by atoms with Gasteiger partial charge in [0.2, 0.25) is 0 Å². The number of imidazole rings is 1. The maximum atomic E-state index is 5.80. The van der Waals surface area contributed by atoms with E-state index in [-0.39, 0.29) is 6.04 Å². The third-order valence-electron chi connectivity index (χ3n) is 2.67. The molecule has 0 aliphatic rings. The second kappa shape index (κ2) is 5.59. The molecule has 0 aliphatic heterocycles. The first kappa shape index (κ1) is 11.8. The lowest BCUT2D eigenvalue weighted by molar-refractivity contribution is 0.612. The highest BCUT2D eigenvalue weighted by atomic mass is 15.1. The number of nitrogens with two attached hydrogens (primary N) is 1. The van der Waals surface area contributed by atoms with Crippen molar-refractivity contribution in [2.45, 2.75) is 32.4 Å². The molecule has 0 amide bonds. The minimum Gasteiger partial charge on any atom is -0.335 e. The molecule has 2 aromatic rings. The van der Waals surface area contributed by atoms with Gasteiger partial charge in [-0.2, -0.15) is 0 Å². The van der Waals surface area contributed by atoms with Crippen LogP contribution in [0.5, 0.6) is 0 Å². The van der Waals surface area contributed by atoms with Crippen molar-refractivity contribution in [1.29, 1.82) is 0 Å². The summed E-state index contributed by atoms with van der Waals surface area (Å²) in [7, 11) is 0. The van der Waals surface area contributed by atoms with Crippen LogP contribution in [-0.2, 0) is 19.4 Å². The van der Waals surface area contributed by atoms with Gasteiger partial charge >= 0.3 is 0 Å². The van der Waals surface area contributed by atoms with Gasteiger partial charge in [0.25, 0.3) is 0 Å². The van der Waals surface area contributed by atoms with Gasteiger partial charge in [0.15, 0.2) is 0 Å². The minimum atomic E-state index is 0.148. The van der Waals surface area contributed by atoms with Crippen molar-refractivity contribution in [2.24, 2.45) is 5.73 Å². The average molecular weight is 230 g/mol. The van der Waals surface area contributed by atoms with Crippen molar-refractivity contribution in [3.05, 3.63) is 48.3 Å². The number of hydrogen-bond donors (Lipinski definition) is 1. The lowest BCUT2D eigenvalue weighted by Gasteiger charge is -2.09. The van der Waals surface area contributed by atoms with Crippen LogP contribution in [0.1, 0.15) is 18.3 Å². The molecule has 0 aliphatic carbocycles. The molecule has 0 spiro atoms. The summed E-state index contributed by atoms with van der Waals surface area (Å²) in [5.41, 5.74) is 7.04. The van der Waals surface area contributed by atoms with Crippen LogP contribution in [0.3, 0.4) is 0 Å². The summed E-state index contributed by atoms with van der Waals surface area (Å²) in [6, 6.07) is 4.20. The molecule has 1 atom stereocenters. The van der Waals surface area contributed by atoms with Gasteiger partial charge in [-0.15, -0.1) is 0 Å². The van der Waals surface area contributed by atoms with Crippen LogP contribution in [0.25, 0.3) is 0 Å². The van der Waals surface area contributed by atoms with Crippen LogP contribution >= 0.6 is 0 Å². The summed E-state index contributed by atoms with van der Waals surface area (Å²) in [4.78, 5) is 8.45. The Balaban J connectivity index is 1.97. The Morgan fingerprint density at radius 2 is 2.29 bits per heavy atom. The third kappa shape index (κ3) is 3.39. The summed E-state index contributed by atoms with van der Waals surface area (Å²) in [6.45, 7) is 2.92. The zero-order chi connectivity index (χ0) is 12.1. The molecule has 0 radical (unpaired) electrons. The van der Waals surface area contributed by atoms with Gasteiger partial charge in [0.05, 0.1) is 0 Å². The van der Waals surface area contributed by atoms with E-state index in [2.05, 4.69) is 20.6 Å². The normalized spacial score (nSPS) is 12.6. The monoisotopic (exact) mass is 230 g/mol.